The maximum atomic E-state index is 5.84. The molecule has 3 unspecified atom stereocenters. The highest BCUT2D eigenvalue weighted by atomic mass is 16.3. The van der Waals surface area contributed by atoms with Gasteiger partial charge in [-0.05, 0) is 38.2 Å². The van der Waals surface area contributed by atoms with E-state index in [1.54, 1.807) is 0 Å². The van der Waals surface area contributed by atoms with Crippen molar-refractivity contribution >= 4 is 0 Å². The minimum Gasteiger partial charge on any atom is -0.466 e. The second-order valence-electron chi connectivity index (χ2n) is 5.63. The van der Waals surface area contributed by atoms with Gasteiger partial charge in [-0.25, -0.2) is 0 Å². The van der Waals surface area contributed by atoms with Crippen molar-refractivity contribution in [1.82, 2.24) is 5.43 Å². The van der Waals surface area contributed by atoms with Crippen LogP contribution in [-0.4, -0.2) is 0 Å². The van der Waals surface area contributed by atoms with Crippen molar-refractivity contribution in [3.63, 3.8) is 0 Å². The third-order valence-electron chi connectivity index (χ3n) is 4.51. The molecule has 0 radical (unpaired) electrons. The van der Waals surface area contributed by atoms with E-state index >= 15 is 0 Å². The molecule has 0 bridgehead atoms. The van der Waals surface area contributed by atoms with Crippen molar-refractivity contribution < 1.29 is 4.42 Å². The van der Waals surface area contributed by atoms with Crippen LogP contribution in [0, 0.1) is 25.7 Å². The van der Waals surface area contributed by atoms with Gasteiger partial charge < -0.3 is 4.42 Å². The minimum atomic E-state index is 0.243. The van der Waals surface area contributed by atoms with Gasteiger partial charge in [0.1, 0.15) is 11.5 Å². The van der Waals surface area contributed by atoms with Gasteiger partial charge in [0.2, 0.25) is 0 Å². The summed E-state index contributed by atoms with van der Waals surface area (Å²) in [6, 6.07) is 2.38. The Morgan fingerprint density at radius 2 is 2.11 bits per heavy atom. The van der Waals surface area contributed by atoms with Crippen molar-refractivity contribution in [2.24, 2.45) is 17.7 Å². The number of rotatable bonds is 4. The minimum absolute atomic E-state index is 0.243. The maximum absolute atomic E-state index is 5.84. The number of aryl methyl sites for hydroxylation is 2. The number of nitrogens with two attached hydrogens (primary N) is 1. The number of nitrogens with one attached hydrogen (secondary N) is 1. The molecule has 1 aliphatic rings. The van der Waals surface area contributed by atoms with Crippen LogP contribution < -0.4 is 11.3 Å². The topological polar surface area (TPSA) is 51.2 Å². The molecule has 0 saturated heterocycles. The largest absolute Gasteiger partial charge is 0.466 e. The summed E-state index contributed by atoms with van der Waals surface area (Å²) in [6.07, 6.45) is 6.57. The van der Waals surface area contributed by atoms with Gasteiger partial charge in [0, 0.05) is 5.56 Å². The van der Waals surface area contributed by atoms with Gasteiger partial charge >= 0.3 is 0 Å². The number of hydrazine groups is 1. The second kappa shape index (κ2) is 5.89. The van der Waals surface area contributed by atoms with E-state index in [-0.39, 0.29) is 6.04 Å². The molecule has 3 nitrogen and oxygen atoms in total. The van der Waals surface area contributed by atoms with Crippen LogP contribution in [0.15, 0.2) is 10.5 Å². The van der Waals surface area contributed by atoms with E-state index in [0.717, 1.165) is 17.4 Å². The highest BCUT2D eigenvalue weighted by Crippen LogP contribution is 2.41. The van der Waals surface area contributed by atoms with Crippen molar-refractivity contribution in [1.29, 1.82) is 0 Å². The lowest BCUT2D eigenvalue weighted by molar-refractivity contribution is 0.175. The SMILES string of the molecule is CCC1CCCCC1C(NN)c1cc(C)oc1C. The van der Waals surface area contributed by atoms with Crippen LogP contribution in [0.5, 0.6) is 0 Å². The molecule has 2 rings (SSSR count). The molecule has 1 aromatic rings. The molecule has 3 atom stereocenters. The molecule has 3 N–H and O–H groups in total. The highest BCUT2D eigenvalue weighted by molar-refractivity contribution is 5.25. The molecule has 1 aliphatic carbocycles. The van der Waals surface area contributed by atoms with Gasteiger partial charge in [-0.3, -0.25) is 11.3 Å². The Morgan fingerprint density at radius 1 is 1.39 bits per heavy atom. The summed E-state index contributed by atoms with van der Waals surface area (Å²) in [5, 5.41) is 0. The predicted octanol–water partition coefficient (Wildman–Crippen LogP) is 3.62. The van der Waals surface area contributed by atoms with Crippen LogP contribution in [0.1, 0.15) is 62.2 Å². The van der Waals surface area contributed by atoms with Crippen LogP contribution in [0.3, 0.4) is 0 Å². The molecular weight excluding hydrogens is 224 g/mol. The van der Waals surface area contributed by atoms with Crippen LogP contribution in [-0.2, 0) is 0 Å². The molecule has 0 spiro atoms. The summed E-state index contributed by atoms with van der Waals surface area (Å²) in [6.45, 7) is 6.34. The lowest BCUT2D eigenvalue weighted by Crippen LogP contribution is -2.38. The van der Waals surface area contributed by atoms with Gasteiger partial charge in [0.25, 0.3) is 0 Å². The first-order valence-electron chi connectivity index (χ1n) is 7.20. The van der Waals surface area contributed by atoms with E-state index in [1.165, 1.54) is 37.7 Å². The molecule has 102 valence electrons. The Balaban J connectivity index is 2.24. The highest BCUT2D eigenvalue weighted by Gasteiger charge is 2.32. The maximum Gasteiger partial charge on any atom is 0.105 e. The zero-order chi connectivity index (χ0) is 13.1. The van der Waals surface area contributed by atoms with Gasteiger partial charge in [0.15, 0.2) is 0 Å². The summed E-state index contributed by atoms with van der Waals surface area (Å²) in [7, 11) is 0. The van der Waals surface area contributed by atoms with Crippen molar-refractivity contribution in [2.45, 2.75) is 58.9 Å². The zero-order valence-electron chi connectivity index (χ0n) is 11.8. The van der Waals surface area contributed by atoms with E-state index in [9.17, 15) is 0 Å². The van der Waals surface area contributed by atoms with Gasteiger partial charge in [-0.2, -0.15) is 0 Å². The number of hydrogen-bond donors (Lipinski definition) is 2. The predicted molar refractivity (Wildman–Crippen MR) is 74.0 cm³/mol. The van der Waals surface area contributed by atoms with Crippen LogP contribution >= 0.6 is 0 Å². The van der Waals surface area contributed by atoms with Crippen molar-refractivity contribution in [3.8, 4) is 0 Å². The molecular formula is C15H26N2O. The summed E-state index contributed by atoms with van der Waals surface area (Å²) < 4.78 is 5.66. The molecule has 0 aromatic carbocycles. The summed E-state index contributed by atoms with van der Waals surface area (Å²) in [5.41, 5.74) is 4.30. The van der Waals surface area contributed by atoms with Crippen molar-refractivity contribution in [3.05, 3.63) is 23.2 Å². The van der Waals surface area contributed by atoms with E-state index < -0.39 is 0 Å². The number of hydrogen-bond acceptors (Lipinski definition) is 3. The first-order valence-corrected chi connectivity index (χ1v) is 7.20. The summed E-state index contributed by atoms with van der Waals surface area (Å²) >= 11 is 0. The zero-order valence-corrected chi connectivity index (χ0v) is 11.8. The standard InChI is InChI=1S/C15H26N2O/c1-4-12-7-5-6-8-13(12)15(17-16)14-9-10(2)18-11(14)3/h9,12-13,15,17H,4-8,16H2,1-3H3. The quantitative estimate of drug-likeness (QED) is 0.634. The van der Waals surface area contributed by atoms with Gasteiger partial charge in [-0.1, -0.05) is 32.6 Å². The Bertz CT molecular complexity index is 386. The fraction of sp³-hybridized carbons (Fsp3) is 0.733. The molecule has 1 saturated carbocycles. The fourth-order valence-corrected chi connectivity index (χ4v) is 3.59. The van der Waals surface area contributed by atoms with Crippen molar-refractivity contribution in [2.75, 3.05) is 0 Å². The first-order chi connectivity index (χ1) is 8.67. The second-order valence-corrected chi connectivity index (χ2v) is 5.63. The number of furan rings is 1. The Labute approximate surface area is 110 Å². The fourth-order valence-electron chi connectivity index (χ4n) is 3.59. The Morgan fingerprint density at radius 3 is 2.67 bits per heavy atom. The molecule has 1 fully saturated rings. The molecule has 1 aromatic heterocycles. The molecule has 1 heterocycles. The van der Waals surface area contributed by atoms with Crippen LogP contribution in [0.2, 0.25) is 0 Å². The smallest absolute Gasteiger partial charge is 0.105 e. The molecule has 0 aliphatic heterocycles. The van der Waals surface area contributed by atoms with Crippen LogP contribution in [0.25, 0.3) is 0 Å². The summed E-state index contributed by atoms with van der Waals surface area (Å²) in [5.74, 6) is 9.26. The lowest BCUT2D eigenvalue weighted by atomic mass is 9.72. The van der Waals surface area contributed by atoms with E-state index in [2.05, 4.69) is 18.4 Å². The monoisotopic (exact) mass is 250 g/mol. The first kappa shape index (κ1) is 13.6. The molecule has 0 amide bonds. The van der Waals surface area contributed by atoms with E-state index in [4.69, 9.17) is 10.3 Å². The summed E-state index contributed by atoms with van der Waals surface area (Å²) in [4.78, 5) is 0. The average Bonchev–Trinajstić information content (AvgIpc) is 2.70. The average molecular weight is 250 g/mol. The molecule has 3 heteroatoms. The van der Waals surface area contributed by atoms with E-state index in [1.807, 2.05) is 13.8 Å². The lowest BCUT2D eigenvalue weighted by Gasteiger charge is -2.36. The van der Waals surface area contributed by atoms with Gasteiger partial charge in [-0.15, -0.1) is 0 Å². The third kappa shape index (κ3) is 2.62. The van der Waals surface area contributed by atoms with Gasteiger partial charge in [0.05, 0.1) is 6.04 Å². The Hall–Kier alpha value is -0.800. The van der Waals surface area contributed by atoms with E-state index in [0.29, 0.717) is 5.92 Å². The Kier molecular flexibility index (Phi) is 4.46. The van der Waals surface area contributed by atoms with Crippen LogP contribution in [0.4, 0.5) is 0 Å². The normalized spacial score (nSPS) is 26.2. The molecule has 18 heavy (non-hydrogen) atoms. The third-order valence-corrected chi connectivity index (χ3v) is 4.51.